The summed E-state index contributed by atoms with van der Waals surface area (Å²) >= 11 is 0. The van der Waals surface area contributed by atoms with Gasteiger partial charge < -0.3 is 43.4 Å². The van der Waals surface area contributed by atoms with Crippen molar-refractivity contribution >= 4 is 35.5 Å². The number of nitrogens with two attached hydrogens (primary N) is 3. The molecule has 0 aliphatic heterocycles. The van der Waals surface area contributed by atoms with Gasteiger partial charge in [0.05, 0.1) is 18.6 Å². The minimum absolute atomic E-state index is 0.269. The minimum atomic E-state index is -1.57. The predicted molar refractivity (Wildman–Crippen MR) is 115 cm³/mol. The van der Waals surface area contributed by atoms with Gasteiger partial charge in [-0.2, -0.15) is 0 Å². The van der Waals surface area contributed by atoms with E-state index in [-0.39, 0.29) is 12.8 Å². The summed E-state index contributed by atoms with van der Waals surface area (Å²) < 4.78 is 0. The third-order valence-electron chi connectivity index (χ3n) is 4.91. The van der Waals surface area contributed by atoms with Crippen molar-refractivity contribution in [2.45, 2.75) is 76.7 Å². The number of carboxylic acid groups (broad SMARTS) is 1. The number of aliphatic hydroxyl groups is 1. The van der Waals surface area contributed by atoms with Crippen LogP contribution >= 0.6 is 0 Å². The van der Waals surface area contributed by atoms with Gasteiger partial charge in [0.25, 0.3) is 0 Å². The molecule has 6 atom stereocenters. The zero-order valence-corrected chi connectivity index (χ0v) is 18.9. The zero-order chi connectivity index (χ0) is 25.9. The van der Waals surface area contributed by atoms with Crippen LogP contribution in [0.4, 0.5) is 0 Å². The lowest BCUT2D eigenvalue weighted by Crippen LogP contribution is -2.60. The SMILES string of the molecule is CCC(C)C(NC(=O)C(NC(=O)C(CCC(N)=O)NC(=O)C(N)CC(N)=O)C(C)O)C(=O)O. The molecule has 0 aromatic rings. The van der Waals surface area contributed by atoms with E-state index in [9.17, 15) is 39.0 Å². The standard InChI is InChI=1S/C19H34N6O8/c1-4-8(2)14(19(32)33)24-18(31)15(9(3)26)25-17(30)11(5-6-12(21)27)23-16(29)10(20)7-13(22)28/h8-11,14-15,26H,4-7,20H2,1-3H3,(H2,21,27)(H2,22,28)(H,23,29)(H,24,31)(H,25,30)(H,32,33). The van der Waals surface area contributed by atoms with Gasteiger partial charge in [0.1, 0.15) is 18.1 Å². The van der Waals surface area contributed by atoms with Crippen LogP contribution in [0.5, 0.6) is 0 Å². The van der Waals surface area contributed by atoms with E-state index in [1.807, 2.05) is 0 Å². The second-order valence-corrected chi connectivity index (χ2v) is 7.78. The fourth-order valence-corrected chi connectivity index (χ4v) is 2.73. The molecule has 33 heavy (non-hydrogen) atoms. The number of aliphatic hydroxyl groups excluding tert-OH is 1. The number of nitrogens with one attached hydrogen (secondary N) is 3. The first kappa shape index (κ1) is 29.7. The second kappa shape index (κ2) is 14.0. The summed E-state index contributed by atoms with van der Waals surface area (Å²) in [5.74, 6) is -6.19. The maximum absolute atomic E-state index is 12.7. The van der Waals surface area contributed by atoms with Crippen LogP contribution in [0, 0.1) is 5.92 Å². The molecule has 0 saturated carbocycles. The summed E-state index contributed by atoms with van der Waals surface area (Å²) in [4.78, 5) is 71.1. The number of carbonyl (C=O) groups is 6. The number of primary amides is 2. The summed E-state index contributed by atoms with van der Waals surface area (Å²) in [7, 11) is 0. The summed E-state index contributed by atoms with van der Waals surface area (Å²) in [6.45, 7) is 4.54. The van der Waals surface area contributed by atoms with Crippen LogP contribution in [0.15, 0.2) is 0 Å². The topological polar surface area (TPSA) is 257 Å². The van der Waals surface area contributed by atoms with Crippen molar-refractivity contribution in [2.24, 2.45) is 23.1 Å². The van der Waals surface area contributed by atoms with Crippen LogP contribution in [0.1, 0.15) is 46.5 Å². The molecular formula is C19H34N6O8. The van der Waals surface area contributed by atoms with Gasteiger partial charge in [-0.05, 0) is 19.3 Å². The highest BCUT2D eigenvalue weighted by Crippen LogP contribution is 2.09. The Morgan fingerprint density at radius 3 is 1.82 bits per heavy atom. The van der Waals surface area contributed by atoms with Crippen molar-refractivity contribution in [3.8, 4) is 0 Å². The molecule has 0 radical (unpaired) electrons. The fraction of sp³-hybridized carbons (Fsp3) is 0.684. The van der Waals surface area contributed by atoms with Crippen molar-refractivity contribution in [1.29, 1.82) is 0 Å². The number of carboxylic acids is 1. The number of hydrogen-bond donors (Lipinski definition) is 8. The van der Waals surface area contributed by atoms with E-state index in [0.717, 1.165) is 0 Å². The first-order chi connectivity index (χ1) is 15.2. The maximum Gasteiger partial charge on any atom is 0.326 e. The molecule has 11 N–H and O–H groups in total. The molecule has 14 nitrogen and oxygen atoms in total. The highest BCUT2D eigenvalue weighted by molar-refractivity contribution is 5.95. The molecule has 0 aliphatic carbocycles. The van der Waals surface area contributed by atoms with E-state index in [2.05, 4.69) is 16.0 Å². The van der Waals surface area contributed by atoms with E-state index in [1.165, 1.54) is 6.92 Å². The molecule has 0 saturated heterocycles. The van der Waals surface area contributed by atoms with Crippen LogP contribution < -0.4 is 33.2 Å². The van der Waals surface area contributed by atoms with Gasteiger partial charge in [-0.25, -0.2) is 4.79 Å². The number of carbonyl (C=O) groups excluding carboxylic acids is 5. The third kappa shape index (κ3) is 10.7. The van der Waals surface area contributed by atoms with Crippen LogP contribution in [0.3, 0.4) is 0 Å². The Morgan fingerprint density at radius 2 is 1.39 bits per heavy atom. The Morgan fingerprint density at radius 1 is 0.848 bits per heavy atom. The lowest BCUT2D eigenvalue weighted by molar-refractivity contribution is -0.144. The van der Waals surface area contributed by atoms with E-state index < -0.39 is 78.1 Å². The number of amides is 5. The maximum atomic E-state index is 12.7. The number of hydrogen-bond acceptors (Lipinski definition) is 8. The third-order valence-corrected chi connectivity index (χ3v) is 4.91. The molecule has 0 spiro atoms. The Labute approximate surface area is 191 Å². The Kier molecular flexibility index (Phi) is 12.6. The molecular weight excluding hydrogens is 440 g/mol. The van der Waals surface area contributed by atoms with Crippen molar-refractivity contribution in [1.82, 2.24) is 16.0 Å². The number of rotatable bonds is 15. The Balaban J connectivity index is 5.54. The van der Waals surface area contributed by atoms with Crippen LogP contribution in [0.2, 0.25) is 0 Å². The molecule has 0 aromatic heterocycles. The van der Waals surface area contributed by atoms with Gasteiger partial charge in [-0.1, -0.05) is 20.3 Å². The molecule has 0 fully saturated rings. The molecule has 0 aromatic carbocycles. The van der Waals surface area contributed by atoms with Crippen molar-refractivity contribution in [3.63, 3.8) is 0 Å². The smallest absolute Gasteiger partial charge is 0.326 e. The lowest BCUT2D eigenvalue weighted by Gasteiger charge is -2.27. The Hall–Kier alpha value is -3.26. The summed E-state index contributed by atoms with van der Waals surface area (Å²) in [5.41, 5.74) is 15.6. The lowest BCUT2D eigenvalue weighted by atomic mass is 9.98. The molecule has 0 aliphatic rings. The predicted octanol–water partition coefficient (Wildman–Crippen LogP) is -3.58. The molecule has 14 heteroatoms. The van der Waals surface area contributed by atoms with E-state index >= 15 is 0 Å². The first-order valence-electron chi connectivity index (χ1n) is 10.3. The molecule has 0 heterocycles. The summed E-state index contributed by atoms with van der Waals surface area (Å²) in [6.07, 6.45) is -2.08. The molecule has 0 rings (SSSR count). The molecule has 6 unspecified atom stereocenters. The first-order valence-corrected chi connectivity index (χ1v) is 10.3. The monoisotopic (exact) mass is 474 g/mol. The quantitative estimate of drug-likeness (QED) is 0.116. The van der Waals surface area contributed by atoms with Crippen molar-refractivity contribution < 1.29 is 39.0 Å². The van der Waals surface area contributed by atoms with Gasteiger partial charge in [0, 0.05) is 6.42 Å². The van der Waals surface area contributed by atoms with E-state index in [4.69, 9.17) is 17.2 Å². The van der Waals surface area contributed by atoms with Gasteiger partial charge in [-0.15, -0.1) is 0 Å². The molecule has 5 amide bonds. The average molecular weight is 475 g/mol. The second-order valence-electron chi connectivity index (χ2n) is 7.78. The summed E-state index contributed by atoms with van der Waals surface area (Å²) in [6, 6.07) is -5.61. The van der Waals surface area contributed by atoms with Gasteiger partial charge in [0.15, 0.2) is 0 Å². The van der Waals surface area contributed by atoms with E-state index in [1.54, 1.807) is 13.8 Å². The van der Waals surface area contributed by atoms with Gasteiger partial charge in [-0.3, -0.25) is 24.0 Å². The van der Waals surface area contributed by atoms with Gasteiger partial charge >= 0.3 is 5.97 Å². The molecule has 188 valence electrons. The van der Waals surface area contributed by atoms with Gasteiger partial charge in [0.2, 0.25) is 29.5 Å². The van der Waals surface area contributed by atoms with Crippen LogP contribution in [-0.2, 0) is 28.8 Å². The number of aliphatic carboxylic acids is 1. The highest BCUT2D eigenvalue weighted by atomic mass is 16.4. The van der Waals surface area contributed by atoms with E-state index in [0.29, 0.717) is 6.42 Å². The van der Waals surface area contributed by atoms with Crippen LogP contribution in [-0.4, -0.2) is 76.0 Å². The minimum Gasteiger partial charge on any atom is -0.480 e. The highest BCUT2D eigenvalue weighted by Gasteiger charge is 2.34. The summed E-state index contributed by atoms with van der Waals surface area (Å²) in [5, 5.41) is 26.1. The van der Waals surface area contributed by atoms with Crippen LogP contribution in [0.25, 0.3) is 0 Å². The fourth-order valence-electron chi connectivity index (χ4n) is 2.73. The van der Waals surface area contributed by atoms with Crippen molar-refractivity contribution in [3.05, 3.63) is 0 Å². The Bertz CT molecular complexity index is 744. The normalized spacial score (nSPS) is 16.3. The molecule has 0 bridgehead atoms. The zero-order valence-electron chi connectivity index (χ0n) is 18.9. The van der Waals surface area contributed by atoms with Crippen molar-refractivity contribution in [2.75, 3.05) is 0 Å². The largest absolute Gasteiger partial charge is 0.480 e. The average Bonchev–Trinajstić information content (AvgIpc) is 2.70.